The number of hydrogen-bond acceptors (Lipinski definition) is 4. The molecule has 0 amide bonds. The van der Waals surface area contributed by atoms with Gasteiger partial charge in [0.25, 0.3) is 0 Å². The summed E-state index contributed by atoms with van der Waals surface area (Å²) >= 11 is 0. The van der Waals surface area contributed by atoms with Crippen LogP contribution in [0.4, 0.5) is 5.82 Å². The molecule has 0 aliphatic carbocycles. The first-order valence-electron chi connectivity index (χ1n) is 6.44. The van der Waals surface area contributed by atoms with E-state index in [2.05, 4.69) is 36.1 Å². The van der Waals surface area contributed by atoms with Gasteiger partial charge in [0.15, 0.2) is 0 Å². The fraction of sp³-hybridized carbons (Fsp3) is 0.714. The Labute approximate surface area is 110 Å². The molecule has 0 unspecified atom stereocenters. The maximum absolute atomic E-state index is 5.83. The fourth-order valence-electron chi connectivity index (χ4n) is 1.40. The zero-order valence-corrected chi connectivity index (χ0v) is 12.6. The highest BCUT2D eigenvalue weighted by atomic mass is 16.5. The molecule has 0 fully saturated rings. The number of nitrogens with one attached hydrogen (secondary N) is 1. The van der Waals surface area contributed by atoms with E-state index in [-0.39, 0.29) is 11.0 Å². The maximum atomic E-state index is 5.83. The minimum atomic E-state index is -0.257. The Bertz CT molecular complexity index is 402. The predicted molar refractivity (Wildman–Crippen MR) is 75.3 cm³/mol. The third kappa shape index (κ3) is 4.51. The molecule has 1 heterocycles. The topological polar surface area (TPSA) is 47.0 Å². The Morgan fingerprint density at radius 2 is 1.72 bits per heavy atom. The second-order valence-electron chi connectivity index (χ2n) is 6.41. The van der Waals surface area contributed by atoms with Crippen LogP contribution in [0.15, 0.2) is 6.07 Å². The first-order valence-corrected chi connectivity index (χ1v) is 6.44. The molecule has 1 N–H and O–H groups in total. The molecule has 1 rings (SSSR count). The molecule has 1 aromatic rings. The van der Waals surface area contributed by atoms with Crippen LogP contribution in [0.25, 0.3) is 0 Å². The fourth-order valence-corrected chi connectivity index (χ4v) is 1.40. The number of anilines is 1. The van der Waals surface area contributed by atoms with Crippen molar-refractivity contribution < 1.29 is 4.74 Å². The molecule has 0 bridgehead atoms. The van der Waals surface area contributed by atoms with Gasteiger partial charge in [0.2, 0.25) is 5.88 Å². The quantitative estimate of drug-likeness (QED) is 0.894. The van der Waals surface area contributed by atoms with Crippen LogP contribution >= 0.6 is 0 Å². The minimum absolute atomic E-state index is 0.0958. The van der Waals surface area contributed by atoms with Gasteiger partial charge in [-0.1, -0.05) is 20.8 Å². The SMILES string of the molecule is CCNc1cc(OC(C)(C)C)nc(C(C)(C)C)n1. The van der Waals surface area contributed by atoms with Crippen LogP contribution in [0, 0.1) is 0 Å². The summed E-state index contributed by atoms with van der Waals surface area (Å²) in [5.74, 6) is 2.23. The average molecular weight is 251 g/mol. The highest BCUT2D eigenvalue weighted by molar-refractivity contribution is 5.39. The number of nitrogens with zero attached hydrogens (tertiary/aromatic N) is 2. The molecule has 0 atom stereocenters. The third-order valence-electron chi connectivity index (χ3n) is 2.14. The summed E-state index contributed by atoms with van der Waals surface area (Å²) in [7, 11) is 0. The van der Waals surface area contributed by atoms with E-state index < -0.39 is 0 Å². The molecule has 0 aromatic carbocycles. The van der Waals surface area contributed by atoms with Crippen molar-refractivity contribution in [2.24, 2.45) is 0 Å². The van der Waals surface area contributed by atoms with Crippen molar-refractivity contribution >= 4 is 5.82 Å². The van der Waals surface area contributed by atoms with Crippen LogP contribution < -0.4 is 10.1 Å². The van der Waals surface area contributed by atoms with Crippen molar-refractivity contribution in [1.29, 1.82) is 0 Å². The summed E-state index contributed by atoms with van der Waals surface area (Å²) < 4.78 is 5.83. The van der Waals surface area contributed by atoms with Crippen molar-refractivity contribution in [3.05, 3.63) is 11.9 Å². The molecule has 0 spiro atoms. The third-order valence-corrected chi connectivity index (χ3v) is 2.14. The summed E-state index contributed by atoms with van der Waals surface area (Å²) in [6, 6.07) is 1.85. The summed E-state index contributed by atoms with van der Waals surface area (Å²) in [6.07, 6.45) is 0. The van der Waals surface area contributed by atoms with Gasteiger partial charge in [-0.3, -0.25) is 0 Å². The predicted octanol–water partition coefficient (Wildman–Crippen LogP) is 3.38. The Morgan fingerprint density at radius 1 is 1.11 bits per heavy atom. The van der Waals surface area contributed by atoms with Crippen LogP contribution in [-0.4, -0.2) is 22.1 Å². The Morgan fingerprint density at radius 3 is 2.17 bits per heavy atom. The van der Waals surface area contributed by atoms with Gasteiger partial charge in [-0.2, -0.15) is 4.98 Å². The first-order chi connectivity index (χ1) is 8.12. The number of hydrogen-bond donors (Lipinski definition) is 1. The normalized spacial score (nSPS) is 12.4. The summed E-state index contributed by atoms with van der Waals surface area (Å²) in [5, 5.41) is 3.22. The van der Waals surface area contributed by atoms with E-state index in [1.165, 1.54) is 0 Å². The largest absolute Gasteiger partial charge is 0.472 e. The molecule has 0 aliphatic heterocycles. The van der Waals surface area contributed by atoms with E-state index in [1.807, 2.05) is 33.8 Å². The van der Waals surface area contributed by atoms with Gasteiger partial charge in [0, 0.05) is 18.0 Å². The number of rotatable bonds is 3. The molecule has 1 aromatic heterocycles. The lowest BCUT2D eigenvalue weighted by Crippen LogP contribution is -2.25. The van der Waals surface area contributed by atoms with E-state index in [9.17, 15) is 0 Å². The second-order valence-corrected chi connectivity index (χ2v) is 6.41. The second kappa shape index (κ2) is 5.12. The van der Waals surface area contributed by atoms with Crippen LogP contribution in [0.3, 0.4) is 0 Å². The van der Waals surface area contributed by atoms with E-state index >= 15 is 0 Å². The van der Waals surface area contributed by atoms with E-state index in [0.717, 1.165) is 18.2 Å². The molecule has 102 valence electrons. The summed E-state index contributed by atoms with van der Waals surface area (Å²) in [6.45, 7) is 15.2. The summed E-state index contributed by atoms with van der Waals surface area (Å²) in [4.78, 5) is 9.02. The first kappa shape index (κ1) is 14.7. The molecular formula is C14H25N3O. The van der Waals surface area contributed by atoms with Gasteiger partial charge in [-0.25, -0.2) is 4.98 Å². The summed E-state index contributed by atoms with van der Waals surface area (Å²) in [5.41, 5.74) is -0.353. The molecule has 0 aliphatic rings. The Kier molecular flexibility index (Phi) is 4.20. The maximum Gasteiger partial charge on any atom is 0.219 e. The number of aromatic nitrogens is 2. The Hall–Kier alpha value is -1.32. The van der Waals surface area contributed by atoms with E-state index in [1.54, 1.807) is 0 Å². The van der Waals surface area contributed by atoms with Crippen molar-refractivity contribution in [1.82, 2.24) is 9.97 Å². The smallest absolute Gasteiger partial charge is 0.219 e. The molecule has 4 nitrogen and oxygen atoms in total. The van der Waals surface area contributed by atoms with Gasteiger partial charge in [0.05, 0.1) is 0 Å². The Balaban J connectivity index is 3.14. The van der Waals surface area contributed by atoms with Gasteiger partial charge in [-0.05, 0) is 27.7 Å². The molecular weight excluding hydrogens is 226 g/mol. The lowest BCUT2D eigenvalue weighted by atomic mass is 9.96. The molecule has 0 saturated carbocycles. The van der Waals surface area contributed by atoms with E-state index in [0.29, 0.717) is 5.88 Å². The molecule has 4 heteroatoms. The molecule has 18 heavy (non-hydrogen) atoms. The standard InChI is InChI=1S/C14H25N3O/c1-8-15-10-9-11(18-14(5,6)7)17-12(16-10)13(2,3)4/h9H,8H2,1-7H3,(H,15,16,17). The molecule has 0 saturated heterocycles. The van der Waals surface area contributed by atoms with Crippen LogP contribution in [0.2, 0.25) is 0 Å². The highest BCUT2D eigenvalue weighted by Crippen LogP contribution is 2.25. The zero-order valence-electron chi connectivity index (χ0n) is 12.6. The van der Waals surface area contributed by atoms with Crippen LogP contribution in [0.5, 0.6) is 5.88 Å². The van der Waals surface area contributed by atoms with Gasteiger partial charge >= 0.3 is 0 Å². The van der Waals surface area contributed by atoms with Crippen LogP contribution in [-0.2, 0) is 5.41 Å². The van der Waals surface area contributed by atoms with Crippen molar-refractivity contribution in [2.45, 2.75) is 59.5 Å². The van der Waals surface area contributed by atoms with E-state index in [4.69, 9.17) is 4.74 Å². The highest BCUT2D eigenvalue weighted by Gasteiger charge is 2.21. The molecule has 0 radical (unpaired) electrons. The van der Waals surface area contributed by atoms with Crippen molar-refractivity contribution in [2.75, 3.05) is 11.9 Å². The van der Waals surface area contributed by atoms with Crippen LogP contribution in [0.1, 0.15) is 54.3 Å². The van der Waals surface area contributed by atoms with Gasteiger partial charge in [-0.15, -0.1) is 0 Å². The van der Waals surface area contributed by atoms with Crippen molar-refractivity contribution in [3.8, 4) is 5.88 Å². The van der Waals surface area contributed by atoms with Gasteiger partial charge < -0.3 is 10.1 Å². The zero-order chi connectivity index (χ0) is 14.0. The lowest BCUT2D eigenvalue weighted by Gasteiger charge is -2.23. The lowest BCUT2D eigenvalue weighted by molar-refractivity contribution is 0.123. The van der Waals surface area contributed by atoms with Gasteiger partial charge in [0.1, 0.15) is 17.2 Å². The van der Waals surface area contributed by atoms with Crippen molar-refractivity contribution in [3.63, 3.8) is 0 Å². The minimum Gasteiger partial charge on any atom is -0.472 e. The average Bonchev–Trinajstić information content (AvgIpc) is 2.13. The number of ether oxygens (including phenoxy) is 1. The monoisotopic (exact) mass is 251 g/mol.